The van der Waals surface area contributed by atoms with Gasteiger partial charge in [-0.2, -0.15) is 0 Å². The van der Waals surface area contributed by atoms with E-state index in [-0.39, 0.29) is 0 Å². The van der Waals surface area contributed by atoms with Crippen LogP contribution in [0, 0.1) is 0 Å². The molecular formula is C13H20N6. The molecule has 0 atom stereocenters. The first-order valence-electron chi connectivity index (χ1n) is 7.04. The molecule has 0 saturated carbocycles. The van der Waals surface area contributed by atoms with Gasteiger partial charge in [-0.3, -0.25) is 0 Å². The summed E-state index contributed by atoms with van der Waals surface area (Å²) >= 11 is 0. The van der Waals surface area contributed by atoms with Crippen molar-refractivity contribution in [1.82, 2.24) is 24.8 Å². The lowest BCUT2D eigenvalue weighted by Crippen LogP contribution is -2.31. The zero-order valence-electron chi connectivity index (χ0n) is 11.1. The average Bonchev–Trinajstić information content (AvgIpc) is 2.94. The van der Waals surface area contributed by atoms with Crippen LogP contribution in [0.15, 0.2) is 12.7 Å². The highest BCUT2D eigenvalue weighted by Crippen LogP contribution is 2.14. The van der Waals surface area contributed by atoms with Crippen molar-refractivity contribution in [1.29, 1.82) is 0 Å². The van der Waals surface area contributed by atoms with Crippen LogP contribution in [0.2, 0.25) is 0 Å². The molecular weight excluding hydrogens is 240 g/mol. The molecule has 3 rings (SSSR count). The molecule has 1 fully saturated rings. The van der Waals surface area contributed by atoms with Gasteiger partial charge in [0, 0.05) is 6.54 Å². The van der Waals surface area contributed by atoms with Crippen molar-refractivity contribution < 1.29 is 0 Å². The molecule has 2 aromatic rings. The maximum absolute atomic E-state index is 4.26. The van der Waals surface area contributed by atoms with Gasteiger partial charge in [-0.1, -0.05) is 6.42 Å². The third kappa shape index (κ3) is 3.01. The van der Waals surface area contributed by atoms with E-state index in [4.69, 9.17) is 0 Å². The van der Waals surface area contributed by atoms with Crippen LogP contribution in [0.4, 0.5) is 5.82 Å². The number of imidazole rings is 1. The van der Waals surface area contributed by atoms with Crippen molar-refractivity contribution in [2.75, 3.05) is 31.5 Å². The number of nitrogens with zero attached hydrogens (tertiary/aromatic N) is 4. The van der Waals surface area contributed by atoms with Gasteiger partial charge in [0.1, 0.15) is 11.8 Å². The van der Waals surface area contributed by atoms with Gasteiger partial charge >= 0.3 is 0 Å². The number of aromatic nitrogens is 4. The van der Waals surface area contributed by atoms with Gasteiger partial charge in [-0.05, 0) is 38.9 Å². The van der Waals surface area contributed by atoms with Gasteiger partial charge in [0.25, 0.3) is 0 Å². The maximum Gasteiger partial charge on any atom is 0.182 e. The Hall–Kier alpha value is -1.69. The molecule has 19 heavy (non-hydrogen) atoms. The van der Waals surface area contributed by atoms with Crippen molar-refractivity contribution in [2.24, 2.45) is 0 Å². The van der Waals surface area contributed by atoms with Crippen LogP contribution in [-0.2, 0) is 0 Å². The lowest BCUT2D eigenvalue weighted by atomic mass is 10.1. The molecule has 1 aliphatic heterocycles. The quantitative estimate of drug-likeness (QED) is 0.800. The summed E-state index contributed by atoms with van der Waals surface area (Å²) in [5.41, 5.74) is 1.61. The molecule has 102 valence electrons. The van der Waals surface area contributed by atoms with Gasteiger partial charge in [0.2, 0.25) is 0 Å². The average molecular weight is 260 g/mol. The predicted octanol–water partition coefficient (Wildman–Crippen LogP) is 1.64. The second-order valence-corrected chi connectivity index (χ2v) is 5.01. The predicted molar refractivity (Wildman–Crippen MR) is 75.1 cm³/mol. The number of rotatable bonds is 5. The number of fused-ring (bicyclic) bond motifs is 1. The summed E-state index contributed by atoms with van der Waals surface area (Å²) < 4.78 is 0. The molecule has 0 aliphatic carbocycles. The molecule has 6 heteroatoms. The van der Waals surface area contributed by atoms with Crippen LogP contribution in [0.25, 0.3) is 11.2 Å². The topological polar surface area (TPSA) is 69.7 Å². The van der Waals surface area contributed by atoms with E-state index in [2.05, 4.69) is 30.2 Å². The second kappa shape index (κ2) is 5.97. The summed E-state index contributed by atoms with van der Waals surface area (Å²) in [6.45, 7) is 4.63. The molecule has 0 radical (unpaired) electrons. The number of likely N-dealkylation sites (tertiary alicyclic amines) is 1. The zero-order valence-corrected chi connectivity index (χ0v) is 11.1. The van der Waals surface area contributed by atoms with E-state index in [0.717, 1.165) is 24.3 Å². The van der Waals surface area contributed by atoms with E-state index in [9.17, 15) is 0 Å². The van der Waals surface area contributed by atoms with E-state index < -0.39 is 0 Å². The van der Waals surface area contributed by atoms with Crippen molar-refractivity contribution in [3.8, 4) is 0 Å². The lowest BCUT2D eigenvalue weighted by Gasteiger charge is -2.26. The Morgan fingerprint density at radius 1 is 1.16 bits per heavy atom. The molecule has 3 heterocycles. The highest BCUT2D eigenvalue weighted by Gasteiger charge is 2.09. The van der Waals surface area contributed by atoms with Crippen LogP contribution in [0.3, 0.4) is 0 Å². The third-order valence-electron chi connectivity index (χ3n) is 3.62. The van der Waals surface area contributed by atoms with Gasteiger partial charge in [0.05, 0.1) is 6.33 Å². The standard InChI is InChI=1S/C13H20N6/c1-2-6-19(7-3-1)8-4-5-14-12-11-13(16-9-15-11)18-10-17-12/h9-10H,1-8H2,(H2,14,15,16,17,18). The van der Waals surface area contributed by atoms with Crippen LogP contribution >= 0.6 is 0 Å². The molecule has 0 bridgehead atoms. The molecule has 0 unspecified atom stereocenters. The molecule has 1 saturated heterocycles. The summed E-state index contributed by atoms with van der Waals surface area (Å²) in [7, 11) is 0. The molecule has 0 aromatic carbocycles. The fourth-order valence-electron chi connectivity index (χ4n) is 2.59. The minimum absolute atomic E-state index is 0.716. The Bertz CT molecular complexity index is 517. The first kappa shape index (κ1) is 12.3. The van der Waals surface area contributed by atoms with Crippen molar-refractivity contribution in [2.45, 2.75) is 25.7 Å². The van der Waals surface area contributed by atoms with Crippen LogP contribution in [0.1, 0.15) is 25.7 Å². The Morgan fingerprint density at radius 2 is 2.05 bits per heavy atom. The fourth-order valence-corrected chi connectivity index (χ4v) is 2.59. The number of H-pyrrole nitrogens is 1. The number of nitrogens with one attached hydrogen (secondary N) is 2. The zero-order chi connectivity index (χ0) is 12.9. The summed E-state index contributed by atoms with van der Waals surface area (Å²) in [6.07, 6.45) is 8.45. The van der Waals surface area contributed by atoms with Crippen LogP contribution in [-0.4, -0.2) is 51.0 Å². The van der Waals surface area contributed by atoms with Crippen LogP contribution in [0.5, 0.6) is 0 Å². The fraction of sp³-hybridized carbons (Fsp3) is 0.615. The molecule has 6 nitrogen and oxygen atoms in total. The van der Waals surface area contributed by atoms with Gasteiger partial charge in [0.15, 0.2) is 11.5 Å². The molecule has 0 amide bonds. The highest BCUT2D eigenvalue weighted by atomic mass is 15.1. The van der Waals surface area contributed by atoms with Crippen molar-refractivity contribution in [3.05, 3.63) is 12.7 Å². The smallest absolute Gasteiger partial charge is 0.182 e. The van der Waals surface area contributed by atoms with E-state index in [1.165, 1.54) is 38.9 Å². The summed E-state index contributed by atoms with van der Waals surface area (Å²) in [6, 6.07) is 0. The highest BCUT2D eigenvalue weighted by molar-refractivity contribution is 5.81. The second-order valence-electron chi connectivity index (χ2n) is 5.01. The van der Waals surface area contributed by atoms with Gasteiger partial charge < -0.3 is 15.2 Å². The van der Waals surface area contributed by atoms with Crippen LogP contribution < -0.4 is 5.32 Å². The van der Waals surface area contributed by atoms with E-state index in [0.29, 0.717) is 5.65 Å². The van der Waals surface area contributed by atoms with E-state index in [1.54, 1.807) is 12.7 Å². The summed E-state index contributed by atoms with van der Waals surface area (Å²) in [5, 5.41) is 3.36. The monoisotopic (exact) mass is 260 g/mol. The maximum atomic E-state index is 4.26. The Labute approximate surface area is 112 Å². The normalized spacial score (nSPS) is 16.8. The lowest BCUT2D eigenvalue weighted by molar-refractivity contribution is 0.228. The van der Waals surface area contributed by atoms with Gasteiger partial charge in [-0.25, -0.2) is 15.0 Å². The largest absolute Gasteiger partial charge is 0.368 e. The summed E-state index contributed by atoms with van der Waals surface area (Å²) in [5.74, 6) is 0.848. The molecule has 2 N–H and O–H groups in total. The number of hydrogen-bond donors (Lipinski definition) is 2. The Morgan fingerprint density at radius 3 is 2.95 bits per heavy atom. The first-order chi connectivity index (χ1) is 9.43. The van der Waals surface area contributed by atoms with Gasteiger partial charge in [-0.15, -0.1) is 0 Å². The molecule has 0 spiro atoms. The molecule has 1 aliphatic rings. The van der Waals surface area contributed by atoms with E-state index in [1.807, 2.05) is 0 Å². The minimum Gasteiger partial charge on any atom is -0.368 e. The number of piperidine rings is 1. The number of aromatic amines is 1. The number of anilines is 1. The van der Waals surface area contributed by atoms with E-state index >= 15 is 0 Å². The van der Waals surface area contributed by atoms with Crippen molar-refractivity contribution in [3.63, 3.8) is 0 Å². The SMILES string of the molecule is c1nc(NCCCN2CCCCC2)c2[nH]cnc2n1. The Kier molecular flexibility index (Phi) is 3.88. The Balaban J connectivity index is 1.48. The van der Waals surface area contributed by atoms with Crippen molar-refractivity contribution >= 4 is 17.0 Å². The minimum atomic E-state index is 0.716. The molecule has 2 aromatic heterocycles. The number of hydrogen-bond acceptors (Lipinski definition) is 5. The summed E-state index contributed by atoms with van der Waals surface area (Å²) in [4.78, 5) is 18.1. The third-order valence-corrected chi connectivity index (χ3v) is 3.62. The first-order valence-corrected chi connectivity index (χ1v) is 7.04.